The van der Waals surface area contributed by atoms with Crippen LogP contribution in [0.5, 0.6) is 5.75 Å². The number of fused-ring (bicyclic) bond motifs is 1. The largest absolute Gasteiger partial charge is 0.493 e. The molecule has 1 aromatic heterocycles. The average Bonchev–Trinajstić information content (AvgIpc) is 3.18. The van der Waals surface area contributed by atoms with E-state index in [1.807, 2.05) is 24.3 Å². The van der Waals surface area contributed by atoms with Gasteiger partial charge in [-0.2, -0.15) is 0 Å². The Balaban J connectivity index is 1.34. The summed E-state index contributed by atoms with van der Waals surface area (Å²) >= 11 is 0. The third-order valence-electron chi connectivity index (χ3n) is 5.88. The molecule has 0 saturated carbocycles. The van der Waals surface area contributed by atoms with Crippen molar-refractivity contribution >= 4 is 16.9 Å². The van der Waals surface area contributed by atoms with E-state index in [2.05, 4.69) is 41.9 Å². The number of hydrogen-bond donors (Lipinski definition) is 1. The Morgan fingerprint density at radius 2 is 1.71 bits per heavy atom. The van der Waals surface area contributed by atoms with Gasteiger partial charge < -0.3 is 14.6 Å². The molecule has 4 rings (SSSR count). The first-order valence-electron chi connectivity index (χ1n) is 11.7. The van der Waals surface area contributed by atoms with Crippen LogP contribution in [0.1, 0.15) is 40.2 Å². The Kier molecular flexibility index (Phi) is 7.58. The van der Waals surface area contributed by atoms with Gasteiger partial charge in [0.15, 0.2) is 0 Å². The van der Waals surface area contributed by atoms with Crippen molar-refractivity contribution in [3.05, 3.63) is 95.1 Å². The number of amides is 1. The zero-order valence-electron chi connectivity index (χ0n) is 19.7. The molecule has 0 spiro atoms. The SMILES string of the molecule is Cc1cccc(C)c1OCCCn1c(CCCNC(=O)c2ccc(F)cc2)nc2ccccc21. The van der Waals surface area contributed by atoms with Crippen LogP contribution in [0, 0.1) is 19.7 Å². The number of nitrogens with one attached hydrogen (secondary N) is 1. The summed E-state index contributed by atoms with van der Waals surface area (Å²) in [5.74, 6) is 1.42. The Morgan fingerprint density at radius 3 is 2.47 bits per heavy atom. The zero-order chi connectivity index (χ0) is 23.9. The lowest BCUT2D eigenvalue weighted by atomic mass is 10.1. The van der Waals surface area contributed by atoms with Crippen LogP contribution in [0.2, 0.25) is 0 Å². The number of hydrogen-bond acceptors (Lipinski definition) is 3. The summed E-state index contributed by atoms with van der Waals surface area (Å²) < 4.78 is 21.4. The third kappa shape index (κ3) is 5.63. The molecule has 0 unspecified atom stereocenters. The molecule has 0 fully saturated rings. The summed E-state index contributed by atoms with van der Waals surface area (Å²) in [5, 5.41) is 2.90. The Morgan fingerprint density at radius 1 is 0.971 bits per heavy atom. The summed E-state index contributed by atoms with van der Waals surface area (Å²) in [6.45, 7) is 6.10. The number of carbonyl (C=O) groups excluding carboxylic acids is 1. The van der Waals surface area contributed by atoms with Crippen molar-refractivity contribution in [2.45, 2.75) is 39.7 Å². The molecule has 0 aliphatic rings. The van der Waals surface area contributed by atoms with Gasteiger partial charge in [0.1, 0.15) is 17.4 Å². The van der Waals surface area contributed by atoms with Crippen molar-refractivity contribution in [2.24, 2.45) is 0 Å². The van der Waals surface area contributed by atoms with Gasteiger partial charge in [-0.25, -0.2) is 9.37 Å². The van der Waals surface area contributed by atoms with Crippen molar-refractivity contribution in [2.75, 3.05) is 13.2 Å². The normalized spacial score (nSPS) is 11.0. The molecule has 1 heterocycles. The molecule has 3 aromatic carbocycles. The van der Waals surface area contributed by atoms with Gasteiger partial charge in [0, 0.05) is 25.1 Å². The molecule has 0 aliphatic heterocycles. The number of aryl methyl sites for hydroxylation is 4. The van der Waals surface area contributed by atoms with Crippen molar-refractivity contribution in [3.63, 3.8) is 0 Å². The van der Waals surface area contributed by atoms with Gasteiger partial charge in [-0.1, -0.05) is 30.3 Å². The first-order chi connectivity index (χ1) is 16.5. The van der Waals surface area contributed by atoms with Crippen LogP contribution in [-0.2, 0) is 13.0 Å². The van der Waals surface area contributed by atoms with E-state index in [0.29, 0.717) is 18.7 Å². The van der Waals surface area contributed by atoms with E-state index in [0.717, 1.165) is 59.5 Å². The van der Waals surface area contributed by atoms with E-state index in [9.17, 15) is 9.18 Å². The molecular weight excluding hydrogens is 429 g/mol. The second-order valence-electron chi connectivity index (χ2n) is 8.46. The monoisotopic (exact) mass is 459 g/mol. The predicted octanol–water partition coefficient (Wildman–Crippen LogP) is 5.62. The topological polar surface area (TPSA) is 56.1 Å². The highest BCUT2D eigenvalue weighted by Gasteiger charge is 2.11. The van der Waals surface area contributed by atoms with Gasteiger partial charge in [0.25, 0.3) is 5.91 Å². The van der Waals surface area contributed by atoms with Crippen LogP contribution in [0.15, 0.2) is 66.7 Å². The Bertz CT molecular complexity index is 1240. The van der Waals surface area contributed by atoms with Crippen LogP contribution >= 0.6 is 0 Å². The summed E-state index contributed by atoms with van der Waals surface area (Å²) in [4.78, 5) is 17.1. The van der Waals surface area contributed by atoms with Gasteiger partial charge in [-0.05, 0) is 74.2 Å². The van der Waals surface area contributed by atoms with E-state index in [1.54, 1.807) is 0 Å². The fourth-order valence-corrected chi connectivity index (χ4v) is 4.14. The number of para-hydroxylation sites is 3. The van der Waals surface area contributed by atoms with Gasteiger partial charge in [0.05, 0.1) is 17.6 Å². The fraction of sp³-hybridized carbons (Fsp3) is 0.286. The van der Waals surface area contributed by atoms with E-state index >= 15 is 0 Å². The highest BCUT2D eigenvalue weighted by atomic mass is 19.1. The molecule has 1 amide bonds. The van der Waals surface area contributed by atoms with Crippen molar-refractivity contribution in [3.8, 4) is 5.75 Å². The van der Waals surface area contributed by atoms with E-state index in [-0.39, 0.29) is 11.7 Å². The quantitative estimate of drug-likeness (QED) is 0.313. The number of nitrogens with zero attached hydrogens (tertiary/aromatic N) is 2. The van der Waals surface area contributed by atoms with Crippen LogP contribution in [-0.4, -0.2) is 28.6 Å². The number of halogens is 1. The molecule has 1 N–H and O–H groups in total. The first-order valence-corrected chi connectivity index (χ1v) is 11.7. The highest BCUT2D eigenvalue weighted by Crippen LogP contribution is 2.23. The van der Waals surface area contributed by atoms with Crippen molar-refractivity contribution < 1.29 is 13.9 Å². The number of imidazole rings is 1. The maximum atomic E-state index is 13.1. The smallest absolute Gasteiger partial charge is 0.251 e. The molecule has 34 heavy (non-hydrogen) atoms. The zero-order valence-corrected chi connectivity index (χ0v) is 19.7. The Hall–Kier alpha value is -3.67. The fourth-order valence-electron chi connectivity index (χ4n) is 4.14. The number of rotatable bonds is 10. The lowest BCUT2D eigenvalue weighted by molar-refractivity contribution is 0.0953. The van der Waals surface area contributed by atoms with Crippen LogP contribution < -0.4 is 10.1 Å². The molecule has 5 nitrogen and oxygen atoms in total. The molecule has 0 saturated heterocycles. The number of benzene rings is 3. The minimum absolute atomic E-state index is 0.197. The molecular formula is C28H30FN3O2. The molecule has 0 radical (unpaired) electrons. The van der Waals surface area contributed by atoms with E-state index in [1.165, 1.54) is 24.3 Å². The maximum Gasteiger partial charge on any atom is 0.251 e. The number of carbonyl (C=O) groups is 1. The molecule has 0 atom stereocenters. The third-order valence-corrected chi connectivity index (χ3v) is 5.88. The lowest BCUT2D eigenvalue weighted by Gasteiger charge is -2.13. The average molecular weight is 460 g/mol. The van der Waals surface area contributed by atoms with Crippen molar-refractivity contribution in [1.29, 1.82) is 0 Å². The molecule has 176 valence electrons. The standard InChI is InChI=1S/C28H30FN3O2/c1-20-8-5-9-21(2)27(20)34-19-7-18-32-25-11-4-3-10-24(25)31-26(32)12-6-17-30-28(33)22-13-15-23(29)16-14-22/h3-5,8-11,13-16H,6-7,12,17-19H2,1-2H3,(H,30,33). The summed E-state index contributed by atoms with van der Waals surface area (Å²) in [6, 6.07) is 19.9. The van der Waals surface area contributed by atoms with Crippen LogP contribution in [0.4, 0.5) is 4.39 Å². The summed E-state index contributed by atoms with van der Waals surface area (Å²) in [7, 11) is 0. The summed E-state index contributed by atoms with van der Waals surface area (Å²) in [6.07, 6.45) is 2.37. The van der Waals surface area contributed by atoms with Gasteiger partial charge >= 0.3 is 0 Å². The minimum Gasteiger partial charge on any atom is -0.493 e. The first kappa shape index (κ1) is 23.5. The van der Waals surface area contributed by atoms with Gasteiger partial charge in [-0.15, -0.1) is 0 Å². The van der Waals surface area contributed by atoms with Crippen LogP contribution in [0.25, 0.3) is 11.0 Å². The minimum atomic E-state index is -0.352. The predicted molar refractivity (Wildman–Crippen MR) is 133 cm³/mol. The maximum absolute atomic E-state index is 13.1. The van der Waals surface area contributed by atoms with Crippen molar-refractivity contribution in [1.82, 2.24) is 14.9 Å². The molecule has 0 bridgehead atoms. The Labute approximate surface area is 199 Å². The second kappa shape index (κ2) is 11.0. The molecule has 0 aliphatic carbocycles. The molecule has 4 aromatic rings. The second-order valence-corrected chi connectivity index (χ2v) is 8.46. The van der Waals surface area contributed by atoms with Gasteiger partial charge in [-0.3, -0.25) is 4.79 Å². The molecule has 6 heteroatoms. The van der Waals surface area contributed by atoms with E-state index in [4.69, 9.17) is 9.72 Å². The van der Waals surface area contributed by atoms with E-state index < -0.39 is 0 Å². The summed E-state index contributed by atoms with van der Waals surface area (Å²) in [5.41, 5.74) is 4.84. The van der Waals surface area contributed by atoms with Crippen LogP contribution in [0.3, 0.4) is 0 Å². The lowest BCUT2D eigenvalue weighted by Crippen LogP contribution is -2.25. The number of aromatic nitrogens is 2. The van der Waals surface area contributed by atoms with Gasteiger partial charge in [0.2, 0.25) is 0 Å². The highest BCUT2D eigenvalue weighted by molar-refractivity contribution is 5.94. The number of ether oxygens (including phenoxy) is 1.